The Morgan fingerprint density at radius 3 is 2.75 bits per heavy atom. The number of para-hydroxylation sites is 1. The van der Waals surface area contributed by atoms with Crippen molar-refractivity contribution in [3.05, 3.63) is 48.5 Å². The number of hydrogen-bond acceptors (Lipinski definition) is 2. The maximum Gasteiger partial charge on any atom is 0.189 e. The second-order valence-corrected chi connectivity index (χ2v) is 5.68. The summed E-state index contributed by atoms with van der Waals surface area (Å²) in [7, 11) is 0. The molecule has 20 heavy (non-hydrogen) atoms. The molecule has 0 aliphatic heterocycles. The molecule has 0 saturated carbocycles. The van der Waals surface area contributed by atoms with Gasteiger partial charge in [0.25, 0.3) is 0 Å². The lowest BCUT2D eigenvalue weighted by atomic mass is 10.1. The van der Waals surface area contributed by atoms with E-state index >= 15 is 0 Å². The summed E-state index contributed by atoms with van der Waals surface area (Å²) in [4.78, 5) is 8.47. The minimum absolute atomic E-state index is 0.0859. The Bertz CT molecular complexity index is 579. The third-order valence-corrected chi connectivity index (χ3v) is 2.70. The van der Waals surface area contributed by atoms with E-state index in [9.17, 15) is 0 Å². The van der Waals surface area contributed by atoms with Crippen molar-refractivity contribution in [2.75, 3.05) is 0 Å². The van der Waals surface area contributed by atoms with Crippen LogP contribution in [0, 0.1) is 0 Å². The van der Waals surface area contributed by atoms with Gasteiger partial charge in [-0.25, -0.2) is 9.98 Å². The molecule has 0 atom stereocenters. The molecule has 1 aromatic carbocycles. The SMILES string of the molecule is CC(C)(C)NC(N)=NCc1ccccc1-n1ccnc1. The third kappa shape index (κ3) is 3.85. The minimum Gasteiger partial charge on any atom is -0.370 e. The molecule has 0 bridgehead atoms. The third-order valence-electron chi connectivity index (χ3n) is 2.70. The molecule has 5 heteroatoms. The van der Waals surface area contributed by atoms with E-state index in [1.54, 1.807) is 12.5 Å². The van der Waals surface area contributed by atoms with Crippen molar-refractivity contribution in [3.8, 4) is 5.69 Å². The number of aliphatic imine (C=N–C) groups is 1. The second kappa shape index (κ2) is 5.77. The highest BCUT2D eigenvalue weighted by molar-refractivity contribution is 5.78. The molecule has 0 amide bonds. The Morgan fingerprint density at radius 2 is 2.10 bits per heavy atom. The summed E-state index contributed by atoms with van der Waals surface area (Å²) in [6, 6.07) is 8.08. The Hall–Kier alpha value is -2.30. The molecular weight excluding hydrogens is 250 g/mol. The van der Waals surface area contributed by atoms with Gasteiger partial charge in [0, 0.05) is 17.9 Å². The van der Waals surface area contributed by atoms with Gasteiger partial charge in [-0.15, -0.1) is 0 Å². The Balaban J connectivity index is 2.17. The lowest BCUT2D eigenvalue weighted by Gasteiger charge is -2.21. The van der Waals surface area contributed by atoms with Gasteiger partial charge in [-0.1, -0.05) is 18.2 Å². The van der Waals surface area contributed by atoms with Gasteiger partial charge in [-0.05, 0) is 32.4 Å². The summed E-state index contributed by atoms with van der Waals surface area (Å²) in [5.74, 6) is 0.456. The number of rotatable bonds is 3. The van der Waals surface area contributed by atoms with Gasteiger partial charge in [-0.3, -0.25) is 0 Å². The summed E-state index contributed by atoms with van der Waals surface area (Å²) >= 11 is 0. The lowest BCUT2D eigenvalue weighted by Crippen LogP contribution is -2.44. The summed E-state index contributed by atoms with van der Waals surface area (Å²) in [5.41, 5.74) is 7.98. The van der Waals surface area contributed by atoms with Gasteiger partial charge in [0.1, 0.15) is 0 Å². The van der Waals surface area contributed by atoms with Crippen LogP contribution in [0.1, 0.15) is 26.3 Å². The van der Waals surface area contributed by atoms with E-state index in [1.165, 1.54) is 0 Å². The van der Waals surface area contributed by atoms with Crippen LogP contribution in [0.2, 0.25) is 0 Å². The molecule has 3 N–H and O–H groups in total. The number of benzene rings is 1. The molecule has 2 aromatic rings. The van der Waals surface area contributed by atoms with Crippen LogP contribution in [-0.4, -0.2) is 21.0 Å². The standard InChI is InChI=1S/C15H21N5/c1-15(2,3)19-14(16)18-10-12-6-4-5-7-13(12)20-9-8-17-11-20/h4-9,11H,10H2,1-3H3,(H3,16,18,19). The molecule has 0 radical (unpaired) electrons. The number of aromatic nitrogens is 2. The number of guanidine groups is 1. The predicted octanol–water partition coefficient (Wildman–Crippen LogP) is 2.08. The highest BCUT2D eigenvalue weighted by atomic mass is 15.1. The fraction of sp³-hybridized carbons (Fsp3) is 0.333. The molecule has 106 valence electrons. The summed E-state index contributed by atoms with van der Waals surface area (Å²) in [6.07, 6.45) is 5.45. The number of imidazole rings is 1. The Morgan fingerprint density at radius 1 is 1.35 bits per heavy atom. The molecule has 0 saturated heterocycles. The molecule has 1 aromatic heterocycles. The van der Waals surface area contributed by atoms with Gasteiger partial charge < -0.3 is 15.6 Å². The highest BCUT2D eigenvalue weighted by Crippen LogP contribution is 2.15. The van der Waals surface area contributed by atoms with Crippen LogP contribution in [0.5, 0.6) is 0 Å². The number of nitrogens with one attached hydrogen (secondary N) is 1. The van der Waals surface area contributed by atoms with Gasteiger partial charge in [0.15, 0.2) is 5.96 Å². The first-order valence-electron chi connectivity index (χ1n) is 6.60. The number of hydrogen-bond donors (Lipinski definition) is 2. The molecule has 5 nitrogen and oxygen atoms in total. The molecule has 0 fully saturated rings. The Labute approximate surface area is 119 Å². The minimum atomic E-state index is -0.0859. The molecule has 0 spiro atoms. The monoisotopic (exact) mass is 271 g/mol. The van der Waals surface area contributed by atoms with Crippen molar-refractivity contribution in [2.24, 2.45) is 10.7 Å². The zero-order chi connectivity index (χ0) is 14.6. The van der Waals surface area contributed by atoms with Crippen LogP contribution in [0.4, 0.5) is 0 Å². The average Bonchev–Trinajstić information content (AvgIpc) is 2.88. The van der Waals surface area contributed by atoms with Crippen molar-refractivity contribution < 1.29 is 0 Å². The highest BCUT2D eigenvalue weighted by Gasteiger charge is 2.10. The molecular formula is C15H21N5. The van der Waals surface area contributed by atoms with Crippen molar-refractivity contribution in [2.45, 2.75) is 32.9 Å². The first kappa shape index (κ1) is 14.1. The van der Waals surface area contributed by atoms with Gasteiger partial charge in [-0.2, -0.15) is 0 Å². The quantitative estimate of drug-likeness (QED) is 0.663. The van der Waals surface area contributed by atoms with Crippen LogP contribution in [0.3, 0.4) is 0 Å². The first-order valence-corrected chi connectivity index (χ1v) is 6.60. The van der Waals surface area contributed by atoms with E-state index in [4.69, 9.17) is 5.73 Å². The first-order chi connectivity index (χ1) is 9.46. The summed E-state index contributed by atoms with van der Waals surface area (Å²) in [5, 5.41) is 3.15. The molecule has 2 rings (SSSR count). The fourth-order valence-corrected chi connectivity index (χ4v) is 1.89. The number of nitrogens with two attached hydrogens (primary N) is 1. The van der Waals surface area contributed by atoms with Crippen molar-refractivity contribution in [3.63, 3.8) is 0 Å². The van der Waals surface area contributed by atoms with Crippen LogP contribution >= 0.6 is 0 Å². The zero-order valence-electron chi connectivity index (χ0n) is 12.2. The van der Waals surface area contributed by atoms with Gasteiger partial charge in [0.05, 0.1) is 18.6 Å². The smallest absolute Gasteiger partial charge is 0.189 e. The van der Waals surface area contributed by atoms with Crippen molar-refractivity contribution >= 4 is 5.96 Å². The number of nitrogens with zero attached hydrogens (tertiary/aromatic N) is 3. The molecule has 0 aliphatic rings. The van der Waals surface area contributed by atoms with Crippen molar-refractivity contribution in [1.29, 1.82) is 0 Å². The van der Waals surface area contributed by atoms with E-state index in [1.807, 2.05) is 35.0 Å². The molecule has 0 aliphatic carbocycles. The molecule has 0 unspecified atom stereocenters. The largest absolute Gasteiger partial charge is 0.370 e. The zero-order valence-corrected chi connectivity index (χ0v) is 12.2. The van der Waals surface area contributed by atoms with E-state index in [-0.39, 0.29) is 5.54 Å². The van der Waals surface area contributed by atoms with E-state index in [2.05, 4.69) is 36.1 Å². The maximum absolute atomic E-state index is 5.90. The van der Waals surface area contributed by atoms with E-state index < -0.39 is 0 Å². The summed E-state index contributed by atoms with van der Waals surface area (Å²) < 4.78 is 1.97. The van der Waals surface area contributed by atoms with E-state index in [0.717, 1.165) is 11.3 Å². The van der Waals surface area contributed by atoms with E-state index in [0.29, 0.717) is 12.5 Å². The van der Waals surface area contributed by atoms with Gasteiger partial charge in [0.2, 0.25) is 0 Å². The van der Waals surface area contributed by atoms with Crippen LogP contribution in [-0.2, 0) is 6.54 Å². The normalized spacial score (nSPS) is 12.4. The second-order valence-electron chi connectivity index (χ2n) is 5.68. The van der Waals surface area contributed by atoms with Crippen LogP contribution < -0.4 is 11.1 Å². The molecule has 1 heterocycles. The van der Waals surface area contributed by atoms with Crippen LogP contribution in [0.15, 0.2) is 48.0 Å². The lowest BCUT2D eigenvalue weighted by molar-refractivity contribution is 0.508. The average molecular weight is 271 g/mol. The Kier molecular flexibility index (Phi) is 4.08. The predicted molar refractivity (Wildman–Crippen MR) is 81.8 cm³/mol. The van der Waals surface area contributed by atoms with Gasteiger partial charge >= 0.3 is 0 Å². The topological polar surface area (TPSA) is 68.2 Å². The van der Waals surface area contributed by atoms with Crippen molar-refractivity contribution in [1.82, 2.24) is 14.9 Å². The fourth-order valence-electron chi connectivity index (χ4n) is 1.89. The van der Waals surface area contributed by atoms with Crippen LogP contribution in [0.25, 0.3) is 5.69 Å². The summed E-state index contributed by atoms with van der Waals surface area (Å²) in [6.45, 7) is 6.68. The maximum atomic E-state index is 5.90.